The summed E-state index contributed by atoms with van der Waals surface area (Å²) in [5, 5.41) is 7.27. The van der Waals surface area contributed by atoms with Gasteiger partial charge in [-0.3, -0.25) is 14.5 Å². The molecule has 1 atom stereocenters. The van der Waals surface area contributed by atoms with E-state index in [2.05, 4.69) is 53.3 Å². The van der Waals surface area contributed by atoms with E-state index in [1.807, 2.05) is 41.3 Å². The van der Waals surface area contributed by atoms with Crippen molar-refractivity contribution in [3.63, 3.8) is 0 Å². The quantitative estimate of drug-likeness (QED) is 0.416. The topological polar surface area (TPSA) is 91.6 Å². The average Bonchev–Trinajstić information content (AvgIpc) is 3.24. The van der Waals surface area contributed by atoms with Gasteiger partial charge in [-0.25, -0.2) is 0 Å². The first-order valence-corrected chi connectivity index (χ1v) is 14.6. The molecule has 8 nitrogen and oxygen atoms in total. The Bertz CT molecular complexity index is 1300. The number of nitrogens with one attached hydrogen (secondary N) is 1. The minimum absolute atomic E-state index is 0.00307. The number of rotatable bonds is 6. The summed E-state index contributed by atoms with van der Waals surface area (Å²) in [6, 6.07) is 15.7. The lowest BCUT2D eigenvalue weighted by molar-refractivity contribution is -0.121. The number of piperidine rings is 1. The number of nitrogens with zero attached hydrogens (tertiary/aromatic N) is 4. The molecule has 2 fully saturated rings. The van der Waals surface area contributed by atoms with Gasteiger partial charge in [0, 0.05) is 25.2 Å². The lowest BCUT2D eigenvalue weighted by Gasteiger charge is -2.31. The molecule has 212 valence electrons. The molecule has 8 heteroatoms. The number of anilines is 1. The normalized spacial score (nSPS) is 18.8. The van der Waals surface area contributed by atoms with Gasteiger partial charge in [0.15, 0.2) is 0 Å². The molecule has 40 heavy (non-hydrogen) atoms. The van der Waals surface area contributed by atoms with Crippen LogP contribution in [-0.2, 0) is 16.8 Å². The van der Waals surface area contributed by atoms with E-state index in [0.717, 1.165) is 63.7 Å². The number of benzene rings is 2. The van der Waals surface area contributed by atoms with E-state index in [4.69, 9.17) is 4.52 Å². The highest BCUT2D eigenvalue weighted by Crippen LogP contribution is 2.26. The molecule has 1 aromatic heterocycles. The Kier molecular flexibility index (Phi) is 8.64. The molecule has 3 aromatic rings. The highest BCUT2D eigenvalue weighted by Gasteiger charge is 2.28. The third-order valence-corrected chi connectivity index (χ3v) is 8.02. The van der Waals surface area contributed by atoms with Crippen molar-refractivity contribution in [2.24, 2.45) is 5.92 Å². The third kappa shape index (κ3) is 6.78. The Balaban J connectivity index is 1.20. The van der Waals surface area contributed by atoms with Gasteiger partial charge in [-0.05, 0) is 55.3 Å². The van der Waals surface area contributed by atoms with Crippen LogP contribution in [0.4, 0.5) is 5.69 Å². The maximum absolute atomic E-state index is 13.3. The average molecular weight is 544 g/mol. The first kappa shape index (κ1) is 28.0. The summed E-state index contributed by atoms with van der Waals surface area (Å²) >= 11 is 0. The van der Waals surface area contributed by atoms with Crippen LogP contribution in [0.25, 0.3) is 11.4 Å². The second kappa shape index (κ2) is 12.3. The minimum atomic E-state index is -0.178. The van der Waals surface area contributed by atoms with E-state index >= 15 is 0 Å². The molecule has 2 aliphatic heterocycles. The highest BCUT2D eigenvalue weighted by atomic mass is 16.5. The number of hydrogen-bond acceptors (Lipinski definition) is 6. The fourth-order valence-electron chi connectivity index (χ4n) is 5.62. The molecule has 1 unspecified atom stereocenters. The van der Waals surface area contributed by atoms with Crippen LogP contribution in [0.2, 0.25) is 0 Å². The van der Waals surface area contributed by atoms with Gasteiger partial charge < -0.3 is 14.7 Å². The van der Waals surface area contributed by atoms with Crippen LogP contribution >= 0.6 is 0 Å². The summed E-state index contributed by atoms with van der Waals surface area (Å²) in [4.78, 5) is 35.4. The van der Waals surface area contributed by atoms with Gasteiger partial charge in [-0.1, -0.05) is 75.2 Å². The fraction of sp³-hybridized carbons (Fsp3) is 0.500. The molecular weight excluding hydrogens is 502 g/mol. The van der Waals surface area contributed by atoms with Gasteiger partial charge in [-0.15, -0.1) is 0 Å². The second-order valence-corrected chi connectivity index (χ2v) is 12.2. The maximum atomic E-state index is 13.3. The molecule has 5 rings (SSSR count). The maximum Gasteiger partial charge on any atom is 0.255 e. The van der Waals surface area contributed by atoms with Gasteiger partial charge in [0.2, 0.25) is 17.6 Å². The van der Waals surface area contributed by atoms with Crippen molar-refractivity contribution in [2.45, 2.75) is 71.3 Å². The molecule has 0 saturated carbocycles. The Hall–Kier alpha value is -3.52. The van der Waals surface area contributed by atoms with Crippen molar-refractivity contribution in [1.82, 2.24) is 19.9 Å². The predicted molar refractivity (Wildman–Crippen MR) is 156 cm³/mol. The SMILES string of the molecule is CC(C)(C)c1ccc(-c2noc(CN3CCCC(C(=O)Nc4ccccc4C(=O)N4CCCCCC4)C3)n2)cc1. The zero-order valence-corrected chi connectivity index (χ0v) is 24.0. The predicted octanol–water partition coefficient (Wildman–Crippen LogP) is 5.90. The van der Waals surface area contributed by atoms with Crippen LogP contribution < -0.4 is 5.32 Å². The molecule has 0 bridgehead atoms. The summed E-state index contributed by atoms with van der Waals surface area (Å²) in [6.45, 7) is 10.1. The highest BCUT2D eigenvalue weighted by molar-refractivity contribution is 6.04. The zero-order valence-electron chi connectivity index (χ0n) is 24.0. The number of hydrogen-bond donors (Lipinski definition) is 1. The van der Waals surface area contributed by atoms with Gasteiger partial charge in [-0.2, -0.15) is 4.98 Å². The van der Waals surface area contributed by atoms with Gasteiger partial charge in [0.25, 0.3) is 5.91 Å². The summed E-state index contributed by atoms with van der Waals surface area (Å²) in [5.74, 6) is 0.897. The van der Waals surface area contributed by atoms with Crippen molar-refractivity contribution in [3.05, 3.63) is 65.5 Å². The molecule has 0 aliphatic carbocycles. The second-order valence-electron chi connectivity index (χ2n) is 12.2. The molecular formula is C32H41N5O3. The molecule has 3 heterocycles. The Morgan fingerprint density at radius 3 is 2.40 bits per heavy atom. The van der Waals surface area contributed by atoms with E-state index in [-0.39, 0.29) is 23.1 Å². The Morgan fingerprint density at radius 1 is 0.950 bits per heavy atom. The molecule has 2 aliphatic rings. The Labute approximate surface area is 237 Å². The third-order valence-electron chi connectivity index (χ3n) is 8.02. The molecule has 2 saturated heterocycles. The van der Waals surface area contributed by atoms with E-state index in [0.29, 0.717) is 36.1 Å². The van der Waals surface area contributed by atoms with Crippen LogP contribution in [0.3, 0.4) is 0 Å². The van der Waals surface area contributed by atoms with Crippen LogP contribution in [0, 0.1) is 5.92 Å². The fourth-order valence-corrected chi connectivity index (χ4v) is 5.62. The van der Waals surface area contributed by atoms with Crippen LogP contribution in [0.1, 0.15) is 81.1 Å². The molecule has 2 aromatic carbocycles. The number of likely N-dealkylation sites (tertiary alicyclic amines) is 2. The summed E-state index contributed by atoms with van der Waals surface area (Å²) < 4.78 is 5.57. The molecule has 1 N–H and O–H groups in total. The largest absolute Gasteiger partial charge is 0.339 e. The van der Waals surface area contributed by atoms with Crippen molar-refractivity contribution < 1.29 is 14.1 Å². The summed E-state index contributed by atoms with van der Waals surface area (Å²) in [7, 11) is 0. The first-order chi connectivity index (χ1) is 19.3. The van der Waals surface area contributed by atoms with Crippen LogP contribution in [0.15, 0.2) is 53.1 Å². The molecule has 0 spiro atoms. The number of para-hydroxylation sites is 1. The number of carbonyl (C=O) groups is 2. The standard InChI is InChI=1S/C32H41N5O3/c1-32(2,3)25-16-14-23(15-17-25)29-34-28(40-35-29)22-36-18-10-11-24(21-36)30(38)33-27-13-7-6-12-26(27)31(39)37-19-8-4-5-9-20-37/h6-7,12-17,24H,4-5,8-11,18-22H2,1-3H3,(H,33,38). The van der Waals surface area contributed by atoms with Gasteiger partial charge in [0.05, 0.1) is 23.7 Å². The Morgan fingerprint density at radius 2 is 1.68 bits per heavy atom. The van der Waals surface area contributed by atoms with Crippen molar-refractivity contribution in [2.75, 3.05) is 31.5 Å². The van der Waals surface area contributed by atoms with Crippen LogP contribution in [-0.4, -0.2) is 57.9 Å². The van der Waals surface area contributed by atoms with Crippen molar-refractivity contribution in [3.8, 4) is 11.4 Å². The lowest BCUT2D eigenvalue weighted by Crippen LogP contribution is -2.40. The zero-order chi connectivity index (χ0) is 28.1. The van der Waals surface area contributed by atoms with E-state index in [9.17, 15) is 9.59 Å². The van der Waals surface area contributed by atoms with Crippen LogP contribution in [0.5, 0.6) is 0 Å². The number of amides is 2. The van der Waals surface area contributed by atoms with E-state index in [1.165, 1.54) is 5.56 Å². The van der Waals surface area contributed by atoms with E-state index < -0.39 is 0 Å². The van der Waals surface area contributed by atoms with Crippen molar-refractivity contribution >= 4 is 17.5 Å². The summed E-state index contributed by atoms with van der Waals surface area (Å²) in [5.41, 5.74) is 3.43. The monoisotopic (exact) mass is 543 g/mol. The summed E-state index contributed by atoms with van der Waals surface area (Å²) in [6.07, 6.45) is 6.10. The minimum Gasteiger partial charge on any atom is -0.339 e. The number of aromatic nitrogens is 2. The molecule has 0 radical (unpaired) electrons. The first-order valence-electron chi connectivity index (χ1n) is 14.6. The van der Waals surface area contributed by atoms with Gasteiger partial charge in [0.1, 0.15) is 0 Å². The van der Waals surface area contributed by atoms with E-state index in [1.54, 1.807) is 0 Å². The number of carbonyl (C=O) groups excluding carboxylic acids is 2. The molecule has 2 amide bonds. The van der Waals surface area contributed by atoms with Crippen molar-refractivity contribution in [1.29, 1.82) is 0 Å². The van der Waals surface area contributed by atoms with Gasteiger partial charge >= 0.3 is 0 Å². The smallest absolute Gasteiger partial charge is 0.255 e. The lowest BCUT2D eigenvalue weighted by atomic mass is 9.87.